The topological polar surface area (TPSA) is 80.8 Å². The van der Waals surface area contributed by atoms with Crippen LogP contribution in [-0.4, -0.2) is 29.0 Å². The number of amides is 2. The number of ketones is 2. The summed E-state index contributed by atoms with van der Waals surface area (Å²) in [5.41, 5.74) is -1.11. The Morgan fingerprint density at radius 1 is 0.829 bits per heavy atom. The summed E-state index contributed by atoms with van der Waals surface area (Å²) in [5, 5.41) is 0.574. The van der Waals surface area contributed by atoms with Crippen molar-refractivity contribution in [2.24, 2.45) is 11.8 Å². The molecule has 2 saturated heterocycles. The van der Waals surface area contributed by atoms with Crippen molar-refractivity contribution < 1.29 is 23.9 Å². The largest absolute Gasteiger partial charge is 0.349 e. The average molecular weight is 571 g/mol. The van der Waals surface area contributed by atoms with Crippen molar-refractivity contribution in [1.82, 2.24) is 0 Å². The van der Waals surface area contributed by atoms with Crippen molar-refractivity contribution in [2.75, 3.05) is 4.90 Å². The monoisotopic (exact) mass is 569 g/mol. The summed E-state index contributed by atoms with van der Waals surface area (Å²) in [4.78, 5) is 56.2. The maximum Gasteiger partial charge on any atom is 0.241 e. The molecule has 6 nitrogen and oxygen atoms in total. The molecule has 0 N–H and O–H groups in total. The molecule has 0 saturated carbocycles. The summed E-state index contributed by atoms with van der Waals surface area (Å²) >= 11 is 15.9. The van der Waals surface area contributed by atoms with Gasteiger partial charge < -0.3 is 4.74 Å². The quantitative estimate of drug-likeness (QED) is 0.302. The predicted molar refractivity (Wildman–Crippen MR) is 132 cm³/mol. The van der Waals surface area contributed by atoms with Crippen LogP contribution in [0.1, 0.15) is 32.4 Å². The molecule has 174 valence electrons. The fraction of sp³-hybridized carbons (Fsp3) is 0.154. The van der Waals surface area contributed by atoms with Crippen LogP contribution in [0.4, 0.5) is 5.69 Å². The Bertz CT molecular complexity index is 1440. The first kappa shape index (κ1) is 22.6. The zero-order valence-corrected chi connectivity index (χ0v) is 20.8. The van der Waals surface area contributed by atoms with Crippen molar-refractivity contribution in [1.29, 1.82) is 0 Å². The molecule has 9 heteroatoms. The van der Waals surface area contributed by atoms with Crippen LogP contribution in [0.5, 0.6) is 0 Å². The van der Waals surface area contributed by atoms with Crippen LogP contribution in [0, 0.1) is 11.8 Å². The first-order chi connectivity index (χ1) is 16.8. The van der Waals surface area contributed by atoms with Crippen molar-refractivity contribution in [2.45, 2.75) is 11.7 Å². The number of carbonyl (C=O) groups excluding carboxylic acids is 4. The number of halogens is 3. The van der Waals surface area contributed by atoms with E-state index in [-0.39, 0.29) is 16.1 Å². The first-order valence-corrected chi connectivity index (χ1v) is 12.3. The van der Waals surface area contributed by atoms with Crippen molar-refractivity contribution in [3.63, 3.8) is 0 Å². The highest BCUT2D eigenvalue weighted by Gasteiger charge is 2.74. The molecule has 0 aromatic heterocycles. The molecule has 0 radical (unpaired) electrons. The smallest absolute Gasteiger partial charge is 0.241 e. The maximum atomic E-state index is 13.9. The standard InChI is InChI=1S/C26H14BrCl2NO5/c27-12-5-8-14(9-6-12)30-24(33)19-20(25(30)34)26(22(31)15-3-1-2-4-16(15)23(26)32)35-21(19)17-10-7-13(28)11-18(17)29/h1-11,19-21H/t19-,20+,21+/m1/s1. The van der Waals surface area contributed by atoms with E-state index in [0.29, 0.717) is 16.3 Å². The minimum absolute atomic E-state index is 0.168. The molecular formula is C26H14BrCl2NO5. The molecular weight excluding hydrogens is 557 g/mol. The zero-order chi connectivity index (χ0) is 24.6. The molecule has 1 aliphatic carbocycles. The van der Waals surface area contributed by atoms with Gasteiger partial charge in [0.1, 0.15) is 0 Å². The lowest BCUT2D eigenvalue weighted by molar-refractivity contribution is -0.127. The van der Waals surface area contributed by atoms with Crippen molar-refractivity contribution in [3.05, 3.63) is 97.9 Å². The number of hydrogen-bond donors (Lipinski definition) is 0. The zero-order valence-electron chi connectivity index (χ0n) is 17.7. The second-order valence-electron chi connectivity index (χ2n) is 8.64. The molecule has 3 atom stereocenters. The fourth-order valence-corrected chi connectivity index (χ4v) is 6.16. The van der Waals surface area contributed by atoms with E-state index in [2.05, 4.69) is 15.9 Å². The molecule has 6 rings (SSSR count). The molecule has 3 aromatic carbocycles. The molecule has 2 amide bonds. The number of carbonyl (C=O) groups is 4. The van der Waals surface area contributed by atoms with Crippen LogP contribution in [-0.2, 0) is 14.3 Å². The van der Waals surface area contributed by atoms with E-state index < -0.39 is 46.9 Å². The average Bonchev–Trinajstić information content (AvgIpc) is 3.40. The molecule has 2 fully saturated rings. The molecule has 2 aliphatic heterocycles. The Balaban J connectivity index is 1.56. The summed E-state index contributed by atoms with van der Waals surface area (Å²) in [5.74, 6) is -4.95. The van der Waals surface area contributed by atoms with Gasteiger partial charge in [-0.25, -0.2) is 4.90 Å². The second kappa shape index (κ2) is 7.83. The van der Waals surface area contributed by atoms with Gasteiger partial charge >= 0.3 is 0 Å². The van der Waals surface area contributed by atoms with Gasteiger partial charge in [0.15, 0.2) is 0 Å². The van der Waals surface area contributed by atoms with Crippen LogP contribution in [0.25, 0.3) is 0 Å². The van der Waals surface area contributed by atoms with Gasteiger partial charge in [-0.1, -0.05) is 69.5 Å². The lowest BCUT2D eigenvalue weighted by Gasteiger charge is -2.27. The molecule has 0 unspecified atom stereocenters. The number of nitrogens with zero attached hydrogens (tertiary/aromatic N) is 1. The Hall–Kier alpha value is -2.84. The Kier molecular flexibility index (Phi) is 5.06. The minimum atomic E-state index is -2.15. The van der Waals surface area contributed by atoms with Gasteiger partial charge in [0.25, 0.3) is 0 Å². The molecule has 3 aromatic rings. The Morgan fingerprint density at radius 3 is 2.06 bits per heavy atom. The molecule has 2 heterocycles. The number of rotatable bonds is 2. The lowest BCUT2D eigenvalue weighted by Crippen LogP contribution is -2.51. The summed E-state index contributed by atoms with van der Waals surface area (Å²) in [6.07, 6.45) is -1.11. The SMILES string of the molecule is O=C1[C@@H]2[C@@H](C(=O)N1c1ccc(Br)cc1)C1(O[C@H]2c2ccc(Cl)cc2Cl)C(=O)c2ccccc2C1=O. The summed E-state index contributed by atoms with van der Waals surface area (Å²) < 4.78 is 7.00. The molecule has 3 aliphatic rings. The number of imide groups is 1. The Labute approximate surface area is 217 Å². The summed E-state index contributed by atoms with van der Waals surface area (Å²) in [6.45, 7) is 0. The number of hydrogen-bond acceptors (Lipinski definition) is 5. The third kappa shape index (κ3) is 2.99. The number of ether oxygens (including phenoxy) is 1. The van der Waals surface area contributed by atoms with E-state index in [9.17, 15) is 19.2 Å². The van der Waals surface area contributed by atoms with Gasteiger partial charge in [0, 0.05) is 31.2 Å². The molecule has 1 spiro atoms. The van der Waals surface area contributed by atoms with E-state index in [1.54, 1.807) is 48.5 Å². The summed E-state index contributed by atoms with van der Waals surface area (Å²) in [6, 6.07) is 17.6. The second-order valence-corrected chi connectivity index (χ2v) is 10.4. The van der Waals surface area contributed by atoms with E-state index in [1.807, 2.05) is 0 Å². The van der Waals surface area contributed by atoms with Gasteiger partial charge in [0.05, 0.1) is 23.6 Å². The van der Waals surface area contributed by atoms with E-state index in [4.69, 9.17) is 27.9 Å². The van der Waals surface area contributed by atoms with Gasteiger partial charge in [-0.15, -0.1) is 0 Å². The first-order valence-electron chi connectivity index (χ1n) is 10.7. The van der Waals surface area contributed by atoms with Crippen molar-refractivity contribution >= 4 is 68.2 Å². The number of fused-ring (bicyclic) bond motifs is 3. The Morgan fingerprint density at radius 2 is 1.46 bits per heavy atom. The maximum absolute atomic E-state index is 13.9. The molecule has 0 bridgehead atoms. The van der Waals surface area contributed by atoms with Gasteiger partial charge in [-0.3, -0.25) is 19.2 Å². The summed E-state index contributed by atoms with van der Waals surface area (Å²) in [7, 11) is 0. The van der Waals surface area contributed by atoms with Gasteiger partial charge in [-0.2, -0.15) is 0 Å². The highest BCUT2D eigenvalue weighted by Crippen LogP contribution is 2.58. The highest BCUT2D eigenvalue weighted by atomic mass is 79.9. The van der Waals surface area contributed by atoms with Crippen LogP contribution in [0.3, 0.4) is 0 Å². The van der Waals surface area contributed by atoms with Gasteiger partial charge in [-0.05, 0) is 36.4 Å². The number of Topliss-reactive ketones (excluding diaryl/α,β-unsaturated/α-hetero) is 2. The number of benzene rings is 3. The minimum Gasteiger partial charge on any atom is -0.349 e. The third-order valence-corrected chi connectivity index (χ3v) is 7.96. The fourth-order valence-electron chi connectivity index (χ4n) is 5.38. The normalized spacial score (nSPS) is 24.4. The lowest BCUT2D eigenvalue weighted by atomic mass is 9.77. The van der Waals surface area contributed by atoms with E-state index >= 15 is 0 Å². The van der Waals surface area contributed by atoms with E-state index in [1.165, 1.54) is 18.2 Å². The van der Waals surface area contributed by atoms with Crippen LogP contribution in [0.15, 0.2) is 71.2 Å². The molecule has 35 heavy (non-hydrogen) atoms. The number of anilines is 1. The van der Waals surface area contributed by atoms with Crippen LogP contribution < -0.4 is 4.90 Å². The van der Waals surface area contributed by atoms with Gasteiger partial charge in [0.2, 0.25) is 29.0 Å². The predicted octanol–water partition coefficient (Wildman–Crippen LogP) is 5.45. The van der Waals surface area contributed by atoms with Crippen molar-refractivity contribution in [3.8, 4) is 0 Å². The third-order valence-electron chi connectivity index (χ3n) is 6.87. The van der Waals surface area contributed by atoms with Crippen LogP contribution >= 0.6 is 39.1 Å². The van der Waals surface area contributed by atoms with E-state index in [0.717, 1.165) is 9.37 Å². The highest BCUT2D eigenvalue weighted by molar-refractivity contribution is 9.10. The van der Waals surface area contributed by atoms with Crippen LogP contribution in [0.2, 0.25) is 10.0 Å².